The van der Waals surface area contributed by atoms with Crippen molar-refractivity contribution in [3.63, 3.8) is 0 Å². The zero-order valence-electron chi connectivity index (χ0n) is 23.7. The second-order valence-electron chi connectivity index (χ2n) is 9.93. The number of hydrogen-bond acceptors (Lipinski definition) is 8. The maximum absolute atomic E-state index is 13.4. The Balaban J connectivity index is 1.48. The van der Waals surface area contributed by atoms with Gasteiger partial charge in [0.1, 0.15) is 10.8 Å². The lowest BCUT2D eigenvalue weighted by Crippen LogP contribution is -2.49. The molecule has 2 N–H and O–H groups in total. The van der Waals surface area contributed by atoms with Crippen LogP contribution in [-0.2, 0) is 13.0 Å². The van der Waals surface area contributed by atoms with Crippen molar-refractivity contribution < 1.29 is 19.4 Å². The monoisotopic (exact) mass is 573 g/mol. The van der Waals surface area contributed by atoms with Crippen LogP contribution in [0.1, 0.15) is 37.0 Å². The molecule has 2 amide bonds. The highest BCUT2D eigenvalue weighted by Gasteiger charge is 2.25. The molecule has 2 aromatic carbocycles. The number of likely N-dealkylation sites (N-methyl/N-ethyl adjacent to an activating group) is 1. The van der Waals surface area contributed by atoms with Crippen molar-refractivity contribution in [2.24, 2.45) is 0 Å². The van der Waals surface area contributed by atoms with Gasteiger partial charge in [0, 0.05) is 48.9 Å². The van der Waals surface area contributed by atoms with Crippen LogP contribution in [0.25, 0.3) is 0 Å². The summed E-state index contributed by atoms with van der Waals surface area (Å²) in [6, 6.07) is 17.6. The van der Waals surface area contributed by atoms with Gasteiger partial charge in [0.05, 0.1) is 43.9 Å². The van der Waals surface area contributed by atoms with E-state index in [2.05, 4.69) is 15.3 Å². The van der Waals surface area contributed by atoms with Crippen molar-refractivity contribution >= 4 is 28.8 Å². The van der Waals surface area contributed by atoms with E-state index in [0.29, 0.717) is 29.8 Å². The summed E-state index contributed by atoms with van der Waals surface area (Å²) in [7, 11) is 5.13. The molecule has 9 nitrogen and oxygen atoms in total. The largest absolute Gasteiger partial charge is 0.495 e. The normalized spacial score (nSPS) is 12.3. The zero-order chi connectivity index (χ0) is 29.4. The van der Waals surface area contributed by atoms with Gasteiger partial charge in [0.2, 0.25) is 0 Å². The Labute approximate surface area is 244 Å². The highest BCUT2D eigenvalue weighted by Crippen LogP contribution is 2.20. The van der Waals surface area contributed by atoms with Crippen molar-refractivity contribution in [2.45, 2.75) is 32.0 Å². The van der Waals surface area contributed by atoms with Gasteiger partial charge in [-0.25, -0.2) is 4.98 Å². The summed E-state index contributed by atoms with van der Waals surface area (Å²) in [6.07, 6.45) is 2.82. The number of aliphatic hydroxyl groups is 1. The Hall–Kier alpha value is -4.28. The molecule has 10 heteroatoms. The van der Waals surface area contributed by atoms with Gasteiger partial charge in [-0.05, 0) is 37.1 Å². The van der Waals surface area contributed by atoms with Crippen molar-refractivity contribution in [1.29, 1.82) is 0 Å². The first-order valence-corrected chi connectivity index (χ1v) is 14.1. The number of aromatic nitrogens is 2. The number of rotatable bonds is 12. The number of methoxy groups -OCH3 is 1. The maximum atomic E-state index is 13.4. The number of carbonyl (C=O) groups excluding carboxylic acids is 2. The summed E-state index contributed by atoms with van der Waals surface area (Å²) in [4.78, 5) is 38.6. The number of carbonyl (C=O) groups is 2. The second-order valence-corrected chi connectivity index (χ2v) is 10.9. The number of benzene rings is 2. The van der Waals surface area contributed by atoms with Crippen molar-refractivity contribution in [3.05, 3.63) is 106 Å². The van der Waals surface area contributed by atoms with E-state index in [-0.39, 0.29) is 18.4 Å². The summed E-state index contributed by atoms with van der Waals surface area (Å²) in [6.45, 7) is 2.54. The maximum Gasteiger partial charge on any atom is 0.253 e. The van der Waals surface area contributed by atoms with Crippen LogP contribution >= 0.6 is 11.3 Å². The predicted molar refractivity (Wildman–Crippen MR) is 161 cm³/mol. The smallest absolute Gasteiger partial charge is 0.253 e. The molecule has 214 valence electrons. The predicted octanol–water partition coefficient (Wildman–Crippen LogP) is 3.97. The Morgan fingerprint density at radius 3 is 2.51 bits per heavy atom. The van der Waals surface area contributed by atoms with E-state index < -0.39 is 12.1 Å². The fourth-order valence-electron chi connectivity index (χ4n) is 4.41. The number of pyridine rings is 1. The number of hydrogen-bond donors (Lipinski definition) is 2. The van der Waals surface area contributed by atoms with Crippen LogP contribution in [0.2, 0.25) is 0 Å². The number of thiazole rings is 1. The van der Waals surface area contributed by atoms with Gasteiger partial charge >= 0.3 is 0 Å². The lowest BCUT2D eigenvalue weighted by molar-refractivity contribution is 0.0785. The fourth-order valence-corrected chi connectivity index (χ4v) is 5.23. The third kappa shape index (κ3) is 8.12. The molecule has 0 bridgehead atoms. The number of ether oxygens (including phenoxy) is 1. The second kappa shape index (κ2) is 13.9. The molecule has 2 atom stereocenters. The highest BCUT2D eigenvalue weighted by atomic mass is 32.1. The molecular weight excluding hydrogens is 538 g/mol. The Kier molecular flexibility index (Phi) is 10.0. The number of aryl methyl sites for hydroxylation is 1. The molecule has 2 aromatic heterocycles. The van der Waals surface area contributed by atoms with Crippen molar-refractivity contribution in [1.82, 2.24) is 20.2 Å². The van der Waals surface area contributed by atoms with Crippen LogP contribution in [0.5, 0.6) is 5.75 Å². The molecule has 0 unspecified atom stereocenters. The minimum absolute atomic E-state index is 0.207. The van der Waals surface area contributed by atoms with E-state index >= 15 is 0 Å². The Morgan fingerprint density at radius 1 is 1.05 bits per heavy atom. The third-order valence-corrected chi connectivity index (χ3v) is 7.62. The molecule has 0 saturated carbocycles. The van der Waals surface area contributed by atoms with Crippen molar-refractivity contribution in [3.8, 4) is 5.75 Å². The van der Waals surface area contributed by atoms with Gasteiger partial charge in [-0.1, -0.05) is 36.4 Å². The van der Waals surface area contributed by atoms with E-state index in [1.54, 1.807) is 55.7 Å². The third-order valence-electron chi connectivity index (χ3n) is 6.67. The Morgan fingerprint density at radius 2 is 1.80 bits per heavy atom. The molecule has 0 fully saturated rings. The van der Waals surface area contributed by atoms with Gasteiger partial charge in [-0.3, -0.25) is 14.6 Å². The minimum Gasteiger partial charge on any atom is -0.495 e. The summed E-state index contributed by atoms with van der Waals surface area (Å²) in [5, 5.41) is 17.1. The molecule has 0 aliphatic carbocycles. The lowest BCUT2D eigenvalue weighted by atomic mass is 9.99. The van der Waals surface area contributed by atoms with E-state index in [9.17, 15) is 14.7 Å². The fraction of sp³-hybridized carbons (Fsp3) is 0.290. The molecule has 2 heterocycles. The Bertz CT molecular complexity index is 1460. The van der Waals surface area contributed by atoms with Gasteiger partial charge < -0.3 is 25.0 Å². The van der Waals surface area contributed by atoms with Gasteiger partial charge in [-0.2, -0.15) is 0 Å². The van der Waals surface area contributed by atoms with Gasteiger partial charge in [-0.15, -0.1) is 11.3 Å². The molecule has 0 saturated heterocycles. The standard InChI is InChI=1S/C31H35N5O4S/c1-21-20-41-29(33-21)19-36(3)31(39)24-12-8-11-23(14-24)30(38)34-27(13-22-9-6-5-7-10-22)28(37)18-35(2)25-15-26(40-4)17-32-16-25/h5-12,14-17,20,27-28,37H,13,18-19H2,1-4H3,(H,34,38)/t27-,28+/m0/s1. The topological polar surface area (TPSA) is 108 Å². The minimum atomic E-state index is -0.909. The van der Waals surface area contributed by atoms with Crippen molar-refractivity contribution in [2.75, 3.05) is 32.6 Å². The summed E-state index contributed by atoms with van der Waals surface area (Å²) in [5.74, 6) is 0.0326. The molecule has 0 radical (unpaired) electrons. The molecular formula is C31H35N5O4S. The van der Waals surface area contributed by atoms with Crippen LogP contribution in [0.3, 0.4) is 0 Å². The summed E-state index contributed by atoms with van der Waals surface area (Å²) >= 11 is 1.51. The number of aliphatic hydroxyl groups excluding tert-OH is 1. The summed E-state index contributed by atoms with van der Waals surface area (Å²) in [5.41, 5.74) is 3.41. The molecule has 0 aliphatic heterocycles. The number of nitrogens with zero attached hydrogens (tertiary/aromatic N) is 4. The van der Waals surface area contributed by atoms with Crippen LogP contribution in [0.4, 0.5) is 5.69 Å². The van der Waals surface area contributed by atoms with Crippen LogP contribution < -0.4 is 15.0 Å². The average Bonchev–Trinajstić information content (AvgIpc) is 3.40. The SMILES string of the molecule is COc1cncc(N(C)C[C@@H](O)[C@H](Cc2ccccc2)NC(=O)c2cccc(C(=O)N(C)Cc3nc(C)cs3)c2)c1. The molecule has 4 rings (SSSR count). The van der Waals surface area contributed by atoms with Crippen LogP contribution in [-0.4, -0.2) is 71.7 Å². The highest BCUT2D eigenvalue weighted by molar-refractivity contribution is 7.09. The van der Waals surface area contributed by atoms with Crippen LogP contribution in [0, 0.1) is 6.92 Å². The first-order chi connectivity index (χ1) is 19.7. The quantitative estimate of drug-likeness (QED) is 0.264. The summed E-state index contributed by atoms with van der Waals surface area (Å²) < 4.78 is 5.27. The number of anilines is 1. The first-order valence-electron chi connectivity index (χ1n) is 13.2. The first kappa shape index (κ1) is 29.7. The van der Waals surface area contributed by atoms with Gasteiger partial charge in [0.15, 0.2) is 0 Å². The molecule has 41 heavy (non-hydrogen) atoms. The molecule has 0 spiro atoms. The van der Waals surface area contributed by atoms with Gasteiger partial charge in [0.25, 0.3) is 11.8 Å². The lowest BCUT2D eigenvalue weighted by Gasteiger charge is -2.29. The molecule has 0 aliphatic rings. The van der Waals surface area contributed by atoms with E-state index in [1.807, 2.05) is 60.6 Å². The molecule has 4 aromatic rings. The van der Waals surface area contributed by atoms with Crippen LogP contribution in [0.15, 0.2) is 78.4 Å². The van der Waals surface area contributed by atoms with E-state index in [4.69, 9.17) is 4.74 Å². The zero-order valence-corrected chi connectivity index (χ0v) is 24.5. The van der Waals surface area contributed by atoms with E-state index in [1.165, 1.54) is 11.3 Å². The van der Waals surface area contributed by atoms with E-state index in [0.717, 1.165) is 22.0 Å². The average molecular weight is 574 g/mol. The number of amides is 2. The number of nitrogens with one attached hydrogen (secondary N) is 1.